The number of alkyl carbamates (subject to hydrolysis) is 1. The molecule has 0 saturated carbocycles. The van der Waals surface area contributed by atoms with Crippen LogP contribution < -0.4 is 5.32 Å². The summed E-state index contributed by atoms with van der Waals surface area (Å²) in [7, 11) is 0. The summed E-state index contributed by atoms with van der Waals surface area (Å²) >= 11 is 0. The summed E-state index contributed by atoms with van der Waals surface area (Å²) in [6.45, 7) is 4.76. The van der Waals surface area contributed by atoms with Crippen molar-refractivity contribution in [2.75, 3.05) is 6.54 Å². The number of nitriles is 1. The smallest absolute Gasteiger partial charge is 0.407 e. The molecule has 1 amide bonds. The van der Waals surface area contributed by atoms with Crippen molar-refractivity contribution in [1.29, 1.82) is 5.26 Å². The maximum atomic E-state index is 13.8. The van der Waals surface area contributed by atoms with Gasteiger partial charge in [-0.3, -0.25) is 0 Å². The average Bonchev–Trinajstić information content (AvgIpc) is 2.44. The van der Waals surface area contributed by atoms with Crippen molar-refractivity contribution in [2.45, 2.75) is 45.0 Å². The Hall–Kier alpha value is -2.17. The fourth-order valence-electron chi connectivity index (χ4n) is 1.84. The molecular weight excluding hydrogens is 303 g/mol. The van der Waals surface area contributed by atoms with E-state index in [9.17, 15) is 19.4 Å². The molecule has 1 aromatic rings. The highest BCUT2D eigenvalue weighted by Gasteiger charge is 2.24. The summed E-state index contributed by atoms with van der Waals surface area (Å²) in [5.41, 5.74) is -0.294. The molecule has 23 heavy (non-hydrogen) atoms. The third-order valence-electron chi connectivity index (χ3n) is 2.88. The number of amides is 1. The number of hydrogen-bond acceptors (Lipinski definition) is 5. The van der Waals surface area contributed by atoms with Crippen molar-refractivity contribution < 1.29 is 24.1 Å². The number of carbonyl (C=O) groups excluding carboxylic acids is 1. The van der Waals surface area contributed by atoms with Gasteiger partial charge in [0.05, 0.1) is 12.5 Å². The van der Waals surface area contributed by atoms with E-state index in [0.717, 1.165) is 6.07 Å². The molecule has 0 aliphatic heterocycles. The lowest BCUT2D eigenvalue weighted by atomic mass is 10.00. The van der Waals surface area contributed by atoms with Gasteiger partial charge in [-0.05, 0) is 38.5 Å². The molecule has 0 bridgehead atoms. The number of hydrogen-bond donors (Lipinski definition) is 3. The van der Waals surface area contributed by atoms with E-state index in [1.165, 1.54) is 12.1 Å². The second kappa shape index (κ2) is 7.90. The molecule has 3 N–H and O–H groups in total. The van der Waals surface area contributed by atoms with Gasteiger partial charge in [0.2, 0.25) is 0 Å². The highest BCUT2D eigenvalue weighted by atomic mass is 19.1. The minimum absolute atomic E-state index is 0.0618. The summed E-state index contributed by atoms with van der Waals surface area (Å²) in [6.07, 6.45) is -3.65. The summed E-state index contributed by atoms with van der Waals surface area (Å²) in [4.78, 5) is 11.5. The summed E-state index contributed by atoms with van der Waals surface area (Å²) in [6, 6.07) is 5.79. The van der Waals surface area contributed by atoms with Crippen LogP contribution in [-0.4, -0.2) is 34.6 Å². The summed E-state index contributed by atoms with van der Waals surface area (Å²) in [5, 5.41) is 30.9. The molecule has 0 saturated heterocycles. The van der Waals surface area contributed by atoms with Gasteiger partial charge in [-0.15, -0.1) is 0 Å². The van der Waals surface area contributed by atoms with Crippen LogP contribution in [0.2, 0.25) is 0 Å². The second-order valence-corrected chi connectivity index (χ2v) is 6.09. The lowest BCUT2D eigenvalue weighted by Gasteiger charge is -2.22. The monoisotopic (exact) mass is 324 g/mol. The number of ether oxygens (including phenoxy) is 1. The van der Waals surface area contributed by atoms with Crippen LogP contribution in [0.4, 0.5) is 9.18 Å². The Morgan fingerprint density at radius 3 is 2.65 bits per heavy atom. The molecule has 2 unspecified atom stereocenters. The van der Waals surface area contributed by atoms with Gasteiger partial charge in [0.15, 0.2) is 0 Å². The first-order chi connectivity index (χ1) is 10.6. The highest BCUT2D eigenvalue weighted by Crippen LogP contribution is 2.22. The maximum absolute atomic E-state index is 13.8. The van der Waals surface area contributed by atoms with E-state index < -0.39 is 29.7 Å². The Kier molecular flexibility index (Phi) is 6.49. The van der Waals surface area contributed by atoms with Crippen molar-refractivity contribution in [3.63, 3.8) is 0 Å². The van der Waals surface area contributed by atoms with E-state index in [0.29, 0.717) is 5.56 Å². The second-order valence-electron chi connectivity index (χ2n) is 6.09. The fraction of sp³-hybridized carbons (Fsp3) is 0.500. The largest absolute Gasteiger partial charge is 0.444 e. The summed E-state index contributed by atoms with van der Waals surface area (Å²) < 4.78 is 18.8. The van der Waals surface area contributed by atoms with E-state index >= 15 is 0 Å². The van der Waals surface area contributed by atoms with Crippen LogP contribution in [0, 0.1) is 17.1 Å². The third-order valence-corrected chi connectivity index (χ3v) is 2.88. The molecule has 0 aliphatic carbocycles. The topological polar surface area (TPSA) is 103 Å². The Labute approximate surface area is 134 Å². The SMILES string of the molecule is CC(C)(C)OC(=O)NCC(O)C(O)c1cc(CC#N)ccc1F. The molecule has 1 aromatic carbocycles. The van der Waals surface area contributed by atoms with Crippen LogP contribution in [0.1, 0.15) is 38.0 Å². The number of aliphatic hydroxyl groups excluding tert-OH is 2. The maximum Gasteiger partial charge on any atom is 0.407 e. The van der Waals surface area contributed by atoms with Crippen molar-refractivity contribution in [1.82, 2.24) is 5.32 Å². The lowest BCUT2D eigenvalue weighted by Crippen LogP contribution is -2.39. The predicted molar refractivity (Wildman–Crippen MR) is 80.9 cm³/mol. The molecular formula is C16H21FN2O4. The molecule has 0 aliphatic rings. The van der Waals surface area contributed by atoms with Gasteiger partial charge >= 0.3 is 6.09 Å². The van der Waals surface area contributed by atoms with Crippen molar-refractivity contribution >= 4 is 6.09 Å². The Bertz CT molecular complexity index is 593. The normalized spacial score (nSPS) is 13.8. The minimum Gasteiger partial charge on any atom is -0.444 e. The molecule has 126 valence electrons. The first-order valence-corrected chi connectivity index (χ1v) is 7.12. The number of halogens is 1. The minimum atomic E-state index is -1.54. The predicted octanol–water partition coefficient (Wildman–Crippen LogP) is 1.81. The van der Waals surface area contributed by atoms with Crippen LogP contribution in [-0.2, 0) is 11.2 Å². The molecule has 0 heterocycles. The highest BCUT2D eigenvalue weighted by molar-refractivity contribution is 5.67. The number of benzene rings is 1. The molecule has 7 heteroatoms. The zero-order chi connectivity index (χ0) is 17.6. The first kappa shape index (κ1) is 18.9. The van der Waals surface area contributed by atoms with Gasteiger partial charge in [-0.25, -0.2) is 9.18 Å². The molecule has 0 aromatic heterocycles. The number of nitrogens with one attached hydrogen (secondary N) is 1. The van der Waals surface area contributed by atoms with E-state index in [-0.39, 0.29) is 18.5 Å². The lowest BCUT2D eigenvalue weighted by molar-refractivity contribution is 0.0113. The number of aliphatic hydroxyl groups is 2. The standard InChI is InChI=1S/C16H21FN2O4/c1-16(2,3)23-15(22)19-9-13(20)14(21)11-8-10(6-7-18)4-5-12(11)17/h4-5,8,13-14,20-21H,6,9H2,1-3H3,(H,19,22). The van der Waals surface area contributed by atoms with E-state index in [2.05, 4.69) is 5.32 Å². The van der Waals surface area contributed by atoms with Gasteiger partial charge in [0, 0.05) is 12.1 Å². The number of carbonyl (C=O) groups is 1. The van der Waals surface area contributed by atoms with Crippen molar-refractivity contribution in [3.05, 3.63) is 35.1 Å². The Balaban J connectivity index is 2.70. The molecule has 2 atom stereocenters. The van der Waals surface area contributed by atoms with Crippen molar-refractivity contribution in [2.24, 2.45) is 0 Å². The van der Waals surface area contributed by atoms with Gasteiger partial charge in [-0.2, -0.15) is 5.26 Å². The Morgan fingerprint density at radius 1 is 1.43 bits per heavy atom. The zero-order valence-corrected chi connectivity index (χ0v) is 13.3. The van der Waals surface area contributed by atoms with Gasteiger partial charge in [-0.1, -0.05) is 6.07 Å². The third kappa shape index (κ3) is 6.22. The fourth-order valence-corrected chi connectivity index (χ4v) is 1.84. The zero-order valence-electron chi connectivity index (χ0n) is 13.3. The van der Waals surface area contributed by atoms with Crippen LogP contribution in [0.3, 0.4) is 0 Å². The first-order valence-electron chi connectivity index (χ1n) is 7.12. The molecule has 0 spiro atoms. The van der Waals surface area contributed by atoms with Crippen LogP contribution in [0.25, 0.3) is 0 Å². The van der Waals surface area contributed by atoms with Gasteiger partial charge in [0.1, 0.15) is 23.6 Å². The number of nitrogens with zero attached hydrogens (tertiary/aromatic N) is 1. The van der Waals surface area contributed by atoms with E-state index in [1.54, 1.807) is 20.8 Å². The van der Waals surface area contributed by atoms with E-state index in [4.69, 9.17) is 10.00 Å². The average molecular weight is 324 g/mol. The van der Waals surface area contributed by atoms with Crippen LogP contribution >= 0.6 is 0 Å². The molecule has 6 nitrogen and oxygen atoms in total. The quantitative estimate of drug-likeness (QED) is 0.766. The van der Waals surface area contributed by atoms with Crippen LogP contribution in [0.15, 0.2) is 18.2 Å². The summed E-state index contributed by atoms with van der Waals surface area (Å²) in [5.74, 6) is -0.699. The Morgan fingerprint density at radius 2 is 2.09 bits per heavy atom. The van der Waals surface area contributed by atoms with Crippen molar-refractivity contribution in [3.8, 4) is 6.07 Å². The molecule has 1 rings (SSSR count). The molecule has 0 fully saturated rings. The van der Waals surface area contributed by atoms with Gasteiger partial charge < -0.3 is 20.3 Å². The van der Waals surface area contributed by atoms with Gasteiger partial charge in [0.25, 0.3) is 0 Å². The number of rotatable bonds is 5. The van der Waals surface area contributed by atoms with Crippen LogP contribution in [0.5, 0.6) is 0 Å². The van der Waals surface area contributed by atoms with E-state index in [1.807, 2.05) is 6.07 Å². The molecule has 0 radical (unpaired) electrons.